The summed E-state index contributed by atoms with van der Waals surface area (Å²) in [6.45, 7) is 1.96. The van der Waals surface area contributed by atoms with Crippen LogP contribution < -0.4 is 0 Å². The highest BCUT2D eigenvalue weighted by atomic mass is 32.2. The molecule has 0 atom stereocenters. The van der Waals surface area contributed by atoms with Crippen molar-refractivity contribution in [2.24, 2.45) is 10.2 Å². The van der Waals surface area contributed by atoms with Gasteiger partial charge in [-0.05, 0) is 42.6 Å². The summed E-state index contributed by atoms with van der Waals surface area (Å²) in [5.74, 6) is -0.194. The molecular weight excluding hydrogens is 408 g/mol. The number of nitrogens with zero attached hydrogens (tertiary/aromatic N) is 2. The van der Waals surface area contributed by atoms with Gasteiger partial charge >= 0.3 is 0 Å². The number of aryl methyl sites for hydroxylation is 1. The molecule has 9 nitrogen and oxygen atoms in total. The van der Waals surface area contributed by atoms with Gasteiger partial charge in [0.05, 0.1) is 34.7 Å². The summed E-state index contributed by atoms with van der Waals surface area (Å²) >= 11 is 1.39. The Labute approximate surface area is 167 Å². The number of aromatic hydroxyl groups is 1. The summed E-state index contributed by atoms with van der Waals surface area (Å²) in [7, 11) is 0. The molecule has 0 heterocycles. The van der Waals surface area contributed by atoms with Crippen molar-refractivity contribution in [3.05, 3.63) is 54.1 Å². The molecule has 3 aromatic carbocycles. The first-order valence-corrected chi connectivity index (χ1v) is 9.18. The van der Waals surface area contributed by atoms with E-state index in [1.807, 2.05) is 19.1 Å². The second-order valence-corrected chi connectivity index (χ2v) is 6.96. The second kappa shape index (κ2) is 9.82. The summed E-state index contributed by atoms with van der Waals surface area (Å²) < 4.78 is 8.86. The molecule has 0 amide bonds. The van der Waals surface area contributed by atoms with Gasteiger partial charge < -0.3 is 5.11 Å². The minimum Gasteiger partial charge on any atom is -0.504 e. The van der Waals surface area contributed by atoms with Crippen molar-refractivity contribution in [2.75, 3.05) is 0 Å². The lowest BCUT2D eigenvalue weighted by Gasteiger charge is -2.10. The number of hydrogen-bond donors (Lipinski definition) is 3. The first-order chi connectivity index (χ1) is 13.6. The molecule has 0 saturated heterocycles. The molecule has 0 aromatic heterocycles. The summed E-state index contributed by atoms with van der Waals surface area (Å²) in [6, 6.07) is 14.1. The molecule has 11 heteroatoms. The molecule has 0 unspecified atom stereocenters. The molecule has 3 aromatic rings. The van der Waals surface area contributed by atoms with E-state index in [-0.39, 0.29) is 16.3 Å². The van der Waals surface area contributed by atoms with E-state index in [9.17, 15) is 5.11 Å². The average Bonchev–Trinajstić information content (AvgIpc) is 2.71. The Kier molecular flexibility index (Phi) is 7.19. The van der Waals surface area contributed by atoms with Gasteiger partial charge in [-0.25, -0.2) is 10.5 Å². The molecule has 0 saturated carbocycles. The van der Waals surface area contributed by atoms with Crippen LogP contribution in [0.4, 0.5) is 11.4 Å². The van der Waals surface area contributed by atoms with E-state index in [4.69, 9.17) is 10.5 Å². The van der Waals surface area contributed by atoms with E-state index in [1.165, 1.54) is 0 Å². The molecular formula is C17H14N2O7S2. The summed E-state index contributed by atoms with van der Waals surface area (Å²) in [4.78, 5) is 0.852. The highest BCUT2D eigenvalue weighted by Crippen LogP contribution is 2.44. The topological polar surface area (TPSA) is 122 Å². The van der Waals surface area contributed by atoms with Gasteiger partial charge in [-0.3, -0.25) is 0 Å². The van der Waals surface area contributed by atoms with Crippen LogP contribution in [-0.4, -0.2) is 15.6 Å². The molecule has 3 N–H and O–H groups in total. The smallest absolute Gasteiger partial charge is 0.159 e. The lowest BCUT2D eigenvalue weighted by atomic mass is 10.1. The highest BCUT2D eigenvalue weighted by Gasteiger charge is 2.15. The first kappa shape index (κ1) is 20.5. The zero-order valence-electron chi connectivity index (χ0n) is 14.3. The maximum Gasteiger partial charge on any atom is 0.159 e. The van der Waals surface area contributed by atoms with Crippen LogP contribution in [0.25, 0.3) is 10.8 Å². The number of fused-ring (bicyclic) bond motifs is 1. The van der Waals surface area contributed by atoms with Crippen LogP contribution in [0, 0.1) is 6.92 Å². The third kappa shape index (κ3) is 4.98. The van der Waals surface area contributed by atoms with Gasteiger partial charge in [0, 0.05) is 10.3 Å². The summed E-state index contributed by atoms with van der Waals surface area (Å²) in [6.07, 6.45) is 0. The maximum absolute atomic E-state index is 10.6. The van der Waals surface area contributed by atoms with Crippen molar-refractivity contribution in [3.63, 3.8) is 0 Å². The third-order valence-electron chi connectivity index (χ3n) is 3.64. The van der Waals surface area contributed by atoms with E-state index in [0.29, 0.717) is 33.4 Å². The molecule has 0 aliphatic heterocycles. The van der Waals surface area contributed by atoms with Crippen LogP contribution in [0.2, 0.25) is 0 Å². The van der Waals surface area contributed by atoms with Crippen molar-refractivity contribution in [1.29, 1.82) is 0 Å². The standard InChI is InChI=1S/C17H14N2O7S2/c1-10-2-4-12(5-3-10)18-19-16-14-7-6-13(27-25-23-21)8-11(14)9-15(17(16)20)28-26-24-22/h2-9,20-22H,1H3. The van der Waals surface area contributed by atoms with E-state index in [2.05, 4.69) is 29.0 Å². The van der Waals surface area contributed by atoms with Crippen molar-refractivity contribution in [3.8, 4) is 5.75 Å². The molecule has 146 valence electrons. The largest absolute Gasteiger partial charge is 0.504 e. The van der Waals surface area contributed by atoms with Gasteiger partial charge in [-0.15, -0.1) is 13.8 Å². The lowest BCUT2D eigenvalue weighted by Crippen LogP contribution is -1.85. The van der Waals surface area contributed by atoms with Crippen molar-refractivity contribution >= 4 is 46.2 Å². The number of hydrogen-bond acceptors (Lipinski definition) is 11. The summed E-state index contributed by atoms with van der Waals surface area (Å²) in [5.41, 5.74) is 1.91. The number of azo groups is 1. The van der Waals surface area contributed by atoms with Gasteiger partial charge in [-0.2, -0.15) is 5.11 Å². The predicted octanol–water partition coefficient (Wildman–Crippen LogP) is 6.13. The SMILES string of the molecule is Cc1ccc(N=Nc2c(O)c(SOOO)cc3cc(SOOO)ccc23)cc1. The zero-order chi connectivity index (χ0) is 19.9. The number of benzene rings is 3. The first-order valence-electron chi connectivity index (χ1n) is 7.70. The van der Waals surface area contributed by atoms with E-state index < -0.39 is 0 Å². The molecule has 0 spiro atoms. The fourth-order valence-corrected chi connectivity index (χ4v) is 3.23. The number of phenolic OH excluding ortho intramolecular Hbond substituents is 1. The van der Waals surface area contributed by atoms with Crippen LogP contribution in [-0.2, 0) is 18.7 Å². The van der Waals surface area contributed by atoms with E-state index in [1.54, 1.807) is 36.4 Å². The Balaban J connectivity index is 2.06. The second-order valence-electron chi connectivity index (χ2n) is 5.44. The van der Waals surface area contributed by atoms with Crippen LogP contribution in [0.5, 0.6) is 5.75 Å². The quantitative estimate of drug-likeness (QED) is 0.170. The molecule has 0 fully saturated rings. The monoisotopic (exact) mass is 422 g/mol. The van der Waals surface area contributed by atoms with E-state index in [0.717, 1.165) is 17.6 Å². The third-order valence-corrected chi connectivity index (χ3v) is 4.83. The molecule has 28 heavy (non-hydrogen) atoms. The van der Waals surface area contributed by atoms with Crippen LogP contribution in [0.15, 0.2) is 68.6 Å². The minimum absolute atomic E-state index is 0.194. The zero-order valence-corrected chi connectivity index (χ0v) is 15.9. The van der Waals surface area contributed by atoms with Crippen molar-refractivity contribution in [2.45, 2.75) is 16.7 Å². The van der Waals surface area contributed by atoms with Gasteiger partial charge in [0.2, 0.25) is 0 Å². The van der Waals surface area contributed by atoms with Crippen LogP contribution >= 0.6 is 24.1 Å². The average molecular weight is 422 g/mol. The van der Waals surface area contributed by atoms with Crippen molar-refractivity contribution in [1.82, 2.24) is 0 Å². The Bertz CT molecular complexity index is 983. The lowest BCUT2D eigenvalue weighted by molar-refractivity contribution is -0.432. The van der Waals surface area contributed by atoms with Gasteiger partial charge in [0.25, 0.3) is 0 Å². The Morgan fingerprint density at radius 1 is 0.857 bits per heavy atom. The van der Waals surface area contributed by atoms with Gasteiger partial charge in [0.1, 0.15) is 5.69 Å². The Morgan fingerprint density at radius 3 is 2.29 bits per heavy atom. The maximum atomic E-state index is 10.6. The summed E-state index contributed by atoms with van der Waals surface area (Å²) in [5, 5.41) is 44.1. The molecule has 0 radical (unpaired) electrons. The fourth-order valence-electron chi connectivity index (χ4n) is 2.37. The Morgan fingerprint density at radius 2 is 1.57 bits per heavy atom. The molecule has 0 aliphatic rings. The minimum atomic E-state index is -0.194. The fraction of sp³-hybridized carbons (Fsp3) is 0.0588. The normalized spacial score (nSPS) is 11.5. The number of phenols is 1. The highest BCUT2D eigenvalue weighted by molar-refractivity contribution is 7.94. The van der Waals surface area contributed by atoms with Gasteiger partial charge in [-0.1, -0.05) is 33.8 Å². The molecule has 0 bridgehead atoms. The molecule has 0 aliphatic carbocycles. The van der Waals surface area contributed by atoms with Gasteiger partial charge in [0.15, 0.2) is 5.75 Å². The van der Waals surface area contributed by atoms with E-state index >= 15 is 0 Å². The Hall–Kier alpha value is -2.22. The van der Waals surface area contributed by atoms with Crippen molar-refractivity contribution < 1.29 is 34.4 Å². The van der Waals surface area contributed by atoms with Crippen LogP contribution in [0.1, 0.15) is 5.56 Å². The van der Waals surface area contributed by atoms with Crippen LogP contribution in [0.3, 0.4) is 0 Å². The predicted molar refractivity (Wildman–Crippen MR) is 102 cm³/mol. The molecule has 3 rings (SSSR count). The number of rotatable bonds is 8.